The molecule has 24 heavy (non-hydrogen) atoms. The monoisotopic (exact) mass is 349 g/mol. The van der Waals surface area contributed by atoms with Gasteiger partial charge in [0.1, 0.15) is 0 Å². The lowest BCUT2D eigenvalue weighted by Crippen LogP contribution is -2.50. The van der Waals surface area contributed by atoms with Crippen LogP contribution in [0.2, 0.25) is 0 Å². The highest BCUT2D eigenvalue weighted by molar-refractivity contribution is 7.10. The minimum Gasteiger partial charge on any atom is -0.550 e. The summed E-state index contributed by atoms with van der Waals surface area (Å²) in [6.45, 7) is 7.51. The number of nitrogens with one attached hydrogen (secondary N) is 2. The highest BCUT2D eigenvalue weighted by atomic mass is 32.1. The van der Waals surface area contributed by atoms with Crippen molar-refractivity contribution in [1.82, 2.24) is 10.9 Å². The Labute approximate surface area is 144 Å². The SMILES string of the molecule is CC1=C(C)CC(C(=O)NNC(=O)c2csc(C)c2C)C(C(=O)[O-])C1. The van der Waals surface area contributed by atoms with E-state index in [0.29, 0.717) is 18.4 Å². The molecule has 1 heterocycles. The fourth-order valence-corrected chi connectivity index (χ4v) is 3.70. The van der Waals surface area contributed by atoms with Crippen LogP contribution < -0.4 is 16.0 Å². The summed E-state index contributed by atoms with van der Waals surface area (Å²) >= 11 is 1.46. The van der Waals surface area contributed by atoms with Gasteiger partial charge in [-0.2, -0.15) is 0 Å². The van der Waals surface area contributed by atoms with Crippen molar-refractivity contribution in [3.63, 3.8) is 0 Å². The topological polar surface area (TPSA) is 98.3 Å². The smallest absolute Gasteiger partial charge is 0.270 e. The third-order valence-electron chi connectivity index (χ3n) is 4.74. The molecular formula is C17H21N2O4S-. The van der Waals surface area contributed by atoms with E-state index < -0.39 is 29.6 Å². The fourth-order valence-electron chi connectivity index (χ4n) is 2.83. The molecule has 0 spiro atoms. The first-order chi connectivity index (χ1) is 11.2. The second-order valence-corrected chi connectivity index (χ2v) is 7.36. The number of carboxylic acids is 1. The second-order valence-electron chi connectivity index (χ2n) is 6.27. The second kappa shape index (κ2) is 7.17. The van der Waals surface area contributed by atoms with E-state index in [1.807, 2.05) is 27.7 Å². The Bertz CT molecular complexity index is 720. The van der Waals surface area contributed by atoms with Gasteiger partial charge in [-0.15, -0.1) is 11.3 Å². The molecule has 2 atom stereocenters. The molecule has 0 aromatic carbocycles. The summed E-state index contributed by atoms with van der Waals surface area (Å²) in [6, 6.07) is 0. The number of aryl methyl sites for hydroxylation is 1. The molecule has 2 amide bonds. The largest absolute Gasteiger partial charge is 0.550 e. The number of carboxylic acid groups (broad SMARTS) is 1. The van der Waals surface area contributed by atoms with Gasteiger partial charge in [-0.1, -0.05) is 11.1 Å². The summed E-state index contributed by atoms with van der Waals surface area (Å²) in [5, 5.41) is 13.1. The van der Waals surface area contributed by atoms with E-state index in [1.165, 1.54) is 11.3 Å². The first kappa shape index (κ1) is 18.2. The normalized spacial score (nSPS) is 20.7. The Kier molecular flexibility index (Phi) is 5.43. The standard InChI is InChI=1S/C17H22N2O4S/c1-8-5-12(13(17(22)23)6-9(8)2)15(20)18-19-16(21)14-7-24-11(4)10(14)3/h7,12-13H,5-6H2,1-4H3,(H,18,20)(H,19,21)(H,22,23)/p-1. The molecule has 0 saturated heterocycles. The predicted molar refractivity (Wildman–Crippen MR) is 89.0 cm³/mol. The van der Waals surface area contributed by atoms with Crippen molar-refractivity contribution in [3.8, 4) is 0 Å². The van der Waals surface area contributed by atoms with E-state index in [2.05, 4.69) is 10.9 Å². The first-order valence-electron chi connectivity index (χ1n) is 7.73. The number of allylic oxidation sites excluding steroid dienone is 2. The number of hydrogen-bond acceptors (Lipinski definition) is 5. The summed E-state index contributed by atoms with van der Waals surface area (Å²) in [4.78, 5) is 36.9. The third kappa shape index (κ3) is 3.67. The van der Waals surface area contributed by atoms with Gasteiger partial charge in [0.2, 0.25) is 5.91 Å². The number of hydrazine groups is 1. The van der Waals surface area contributed by atoms with Gasteiger partial charge in [0.15, 0.2) is 0 Å². The maximum absolute atomic E-state index is 12.4. The van der Waals surface area contributed by atoms with Crippen molar-refractivity contribution in [1.29, 1.82) is 0 Å². The van der Waals surface area contributed by atoms with Crippen molar-refractivity contribution in [2.45, 2.75) is 40.5 Å². The highest BCUT2D eigenvalue weighted by Gasteiger charge is 2.33. The molecule has 2 rings (SSSR count). The predicted octanol–water partition coefficient (Wildman–Crippen LogP) is 1.24. The molecule has 7 heteroatoms. The minimum absolute atomic E-state index is 0.295. The quantitative estimate of drug-likeness (QED) is 0.633. The van der Waals surface area contributed by atoms with E-state index in [9.17, 15) is 19.5 Å². The molecule has 2 N–H and O–H groups in total. The molecular weight excluding hydrogens is 328 g/mol. The zero-order valence-electron chi connectivity index (χ0n) is 14.2. The van der Waals surface area contributed by atoms with Crippen LogP contribution in [0.25, 0.3) is 0 Å². The summed E-state index contributed by atoms with van der Waals surface area (Å²) in [5.74, 6) is -3.78. The molecule has 1 aromatic heterocycles. The van der Waals surface area contributed by atoms with Crippen molar-refractivity contribution >= 4 is 29.1 Å². The molecule has 130 valence electrons. The number of carbonyl (C=O) groups excluding carboxylic acids is 3. The molecule has 6 nitrogen and oxygen atoms in total. The van der Waals surface area contributed by atoms with Gasteiger partial charge in [0, 0.05) is 22.1 Å². The van der Waals surface area contributed by atoms with Crippen molar-refractivity contribution in [2.75, 3.05) is 0 Å². The zero-order valence-corrected chi connectivity index (χ0v) is 15.0. The van der Waals surface area contributed by atoms with E-state index in [4.69, 9.17) is 0 Å². The lowest BCUT2D eigenvalue weighted by molar-refractivity contribution is -0.313. The number of hydrogen-bond donors (Lipinski definition) is 2. The van der Waals surface area contributed by atoms with Crippen molar-refractivity contribution in [2.24, 2.45) is 11.8 Å². The molecule has 1 aromatic rings. The molecule has 0 aliphatic heterocycles. The van der Waals surface area contributed by atoms with E-state index in [1.54, 1.807) is 5.38 Å². The third-order valence-corrected chi connectivity index (χ3v) is 5.75. The average molecular weight is 349 g/mol. The maximum Gasteiger partial charge on any atom is 0.270 e. The van der Waals surface area contributed by atoms with E-state index >= 15 is 0 Å². The molecule has 0 fully saturated rings. The minimum atomic E-state index is -1.24. The molecule has 1 aliphatic carbocycles. The summed E-state index contributed by atoms with van der Waals surface area (Å²) < 4.78 is 0. The van der Waals surface area contributed by atoms with Gasteiger partial charge in [0.05, 0.1) is 11.5 Å². The average Bonchev–Trinajstić information content (AvgIpc) is 2.86. The van der Waals surface area contributed by atoms with E-state index in [0.717, 1.165) is 21.6 Å². The van der Waals surface area contributed by atoms with Crippen LogP contribution in [0.1, 0.15) is 47.5 Å². The number of aliphatic carboxylic acids is 1. The van der Waals surface area contributed by atoms with Crippen LogP contribution in [0.4, 0.5) is 0 Å². The molecule has 0 bridgehead atoms. The van der Waals surface area contributed by atoms with Crippen LogP contribution in [-0.4, -0.2) is 17.8 Å². The van der Waals surface area contributed by atoms with Gasteiger partial charge in [-0.05, 0) is 46.1 Å². The highest BCUT2D eigenvalue weighted by Crippen LogP contribution is 2.33. The number of thiophene rings is 1. The molecule has 2 unspecified atom stereocenters. The van der Waals surface area contributed by atoms with Crippen LogP contribution in [0, 0.1) is 25.7 Å². The van der Waals surface area contributed by atoms with Crippen molar-refractivity contribution < 1.29 is 19.5 Å². The number of rotatable bonds is 3. The summed E-state index contributed by atoms with van der Waals surface area (Å²) in [5.41, 5.74) is 8.08. The van der Waals surface area contributed by atoms with Crippen LogP contribution in [0.5, 0.6) is 0 Å². The zero-order chi connectivity index (χ0) is 18.0. The van der Waals surface area contributed by atoms with Gasteiger partial charge in [-0.25, -0.2) is 0 Å². The van der Waals surface area contributed by atoms with Crippen LogP contribution in [0.15, 0.2) is 16.5 Å². The van der Waals surface area contributed by atoms with Gasteiger partial charge in [0.25, 0.3) is 5.91 Å². The molecule has 1 aliphatic rings. The van der Waals surface area contributed by atoms with E-state index in [-0.39, 0.29) is 0 Å². The van der Waals surface area contributed by atoms with Crippen LogP contribution in [-0.2, 0) is 9.59 Å². The Morgan fingerprint density at radius 2 is 1.62 bits per heavy atom. The molecule has 0 radical (unpaired) electrons. The fraction of sp³-hybridized carbons (Fsp3) is 0.471. The lowest BCUT2D eigenvalue weighted by atomic mass is 9.76. The Morgan fingerprint density at radius 1 is 1.04 bits per heavy atom. The number of amides is 2. The van der Waals surface area contributed by atoms with Gasteiger partial charge in [-0.3, -0.25) is 20.4 Å². The first-order valence-corrected chi connectivity index (χ1v) is 8.61. The lowest BCUT2D eigenvalue weighted by Gasteiger charge is -2.32. The van der Waals surface area contributed by atoms with Crippen molar-refractivity contribution in [3.05, 3.63) is 32.5 Å². The van der Waals surface area contributed by atoms with Gasteiger partial charge < -0.3 is 9.90 Å². The number of carbonyl (C=O) groups is 3. The summed E-state index contributed by atoms with van der Waals surface area (Å²) in [7, 11) is 0. The summed E-state index contributed by atoms with van der Waals surface area (Å²) in [6.07, 6.45) is 0.645. The Morgan fingerprint density at radius 3 is 2.12 bits per heavy atom. The maximum atomic E-state index is 12.4. The van der Waals surface area contributed by atoms with Gasteiger partial charge >= 0.3 is 0 Å². The molecule has 0 saturated carbocycles. The van der Waals surface area contributed by atoms with Crippen LogP contribution in [0.3, 0.4) is 0 Å². The Balaban J connectivity index is 2.04. The Hall–Kier alpha value is -2.15. The van der Waals surface area contributed by atoms with Crippen LogP contribution >= 0.6 is 11.3 Å².